The maximum Gasteiger partial charge on any atom is 0.203 e. The predicted octanol–water partition coefficient (Wildman–Crippen LogP) is 6.62. The molecule has 0 aliphatic rings. The lowest BCUT2D eigenvalue weighted by molar-refractivity contribution is 0.306. The molecule has 0 bridgehead atoms. The number of rotatable bonds is 6. The second-order valence-corrected chi connectivity index (χ2v) is 8.99. The summed E-state index contributed by atoms with van der Waals surface area (Å²) in [5, 5.41) is 9.57. The van der Waals surface area contributed by atoms with E-state index in [1.807, 2.05) is 42.6 Å². The number of anilines is 1. The number of aromatic nitrogens is 1. The fourth-order valence-electron chi connectivity index (χ4n) is 3.09. The predicted molar refractivity (Wildman–Crippen MR) is 127 cm³/mol. The van der Waals surface area contributed by atoms with Crippen molar-refractivity contribution in [2.45, 2.75) is 32.8 Å². The highest BCUT2D eigenvalue weighted by Crippen LogP contribution is 2.28. The van der Waals surface area contributed by atoms with Gasteiger partial charge in [-0.1, -0.05) is 81.4 Å². The van der Waals surface area contributed by atoms with Gasteiger partial charge in [0.15, 0.2) is 0 Å². The Morgan fingerprint density at radius 3 is 2.53 bits per heavy atom. The maximum absolute atomic E-state index is 6.15. The SMILES string of the molecule is CC(C)(C)c1csc(NN=Cc2c(OCc3ccccc3)ccc3ccccc23)n1. The molecule has 4 rings (SSSR count). The quantitative estimate of drug-likeness (QED) is 0.284. The number of thiazole rings is 1. The standard InChI is InChI=1S/C25H25N3OS/c1-25(2,3)23-17-30-24(27-23)28-26-15-21-20-12-8-7-11-19(20)13-14-22(21)29-16-18-9-5-4-6-10-18/h4-15,17H,16H2,1-3H3,(H,27,28). The first-order chi connectivity index (χ1) is 14.5. The fraction of sp³-hybridized carbons (Fsp3) is 0.200. The molecule has 30 heavy (non-hydrogen) atoms. The molecule has 1 N–H and O–H groups in total. The van der Waals surface area contributed by atoms with Crippen LogP contribution in [0.25, 0.3) is 10.8 Å². The summed E-state index contributed by atoms with van der Waals surface area (Å²) < 4.78 is 6.15. The Morgan fingerprint density at radius 2 is 1.77 bits per heavy atom. The van der Waals surface area contributed by atoms with E-state index in [4.69, 9.17) is 4.74 Å². The Morgan fingerprint density at radius 1 is 1.00 bits per heavy atom. The maximum atomic E-state index is 6.15. The normalized spacial score (nSPS) is 11.8. The van der Waals surface area contributed by atoms with Gasteiger partial charge in [0.25, 0.3) is 0 Å². The van der Waals surface area contributed by atoms with E-state index in [0.717, 1.165) is 38.5 Å². The summed E-state index contributed by atoms with van der Waals surface area (Å²) in [5.74, 6) is 0.803. The number of ether oxygens (including phenoxy) is 1. The molecule has 1 heterocycles. The summed E-state index contributed by atoms with van der Waals surface area (Å²) in [5.41, 5.74) is 6.23. The molecule has 1 aromatic heterocycles. The van der Waals surface area contributed by atoms with Gasteiger partial charge in [-0.05, 0) is 22.4 Å². The molecule has 4 nitrogen and oxygen atoms in total. The minimum Gasteiger partial charge on any atom is -0.488 e. The van der Waals surface area contributed by atoms with Crippen molar-refractivity contribution in [1.29, 1.82) is 0 Å². The van der Waals surface area contributed by atoms with Crippen LogP contribution in [0, 0.1) is 0 Å². The summed E-state index contributed by atoms with van der Waals surface area (Å²) in [6.07, 6.45) is 1.82. The smallest absolute Gasteiger partial charge is 0.203 e. The molecule has 0 aliphatic carbocycles. The van der Waals surface area contributed by atoms with Crippen LogP contribution in [-0.2, 0) is 12.0 Å². The lowest BCUT2D eigenvalue weighted by atomic mass is 9.93. The van der Waals surface area contributed by atoms with Crippen molar-refractivity contribution in [2.75, 3.05) is 5.43 Å². The second-order valence-electron chi connectivity index (χ2n) is 8.13. The lowest BCUT2D eigenvalue weighted by Crippen LogP contribution is -2.11. The van der Waals surface area contributed by atoms with Gasteiger partial charge in [-0.15, -0.1) is 11.3 Å². The molecule has 0 fully saturated rings. The summed E-state index contributed by atoms with van der Waals surface area (Å²) >= 11 is 1.56. The van der Waals surface area contributed by atoms with Gasteiger partial charge in [0.2, 0.25) is 5.13 Å². The van der Waals surface area contributed by atoms with Crippen LogP contribution in [0.15, 0.2) is 77.2 Å². The molecule has 0 saturated heterocycles. The van der Waals surface area contributed by atoms with Crippen molar-refractivity contribution in [3.63, 3.8) is 0 Å². The minimum absolute atomic E-state index is 0.0220. The first kappa shape index (κ1) is 20.1. The first-order valence-corrected chi connectivity index (χ1v) is 10.8. The van der Waals surface area contributed by atoms with Crippen LogP contribution < -0.4 is 10.2 Å². The molecule has 0 spiro atoms. The van der Waals surface area contributed by atoms with Crippen LogP contribution in [0.3, 0.4) is 0 Å². The monoisotopic (exact) mass is 415 g/mol. The number of fused-ring (bicyclic) bond motifs is 1. The van der Waals surface area contributed by atoms with E-state index in [-0.39, 0.29) is 5.41 Å². The van der Waals surface area contributed by atoms with Crippen molar-refractivity contribution in [3.05, 3.63) is 88.9 Å². The fourth-order valence-corrected chi connectivity index (χ4v) is 3.98. The van der Waals surface area contributed by atoms with E-state index >= 15 is 0 Å². The molecular formula is C25H25N3OS. The van der Waals surface area contributed by atoms with Crippen LogP contribution in [0.4, 0.5) is 5.13 Å². The van der Waals surface area contributed by atoms with E-state index < -0.39 is 0 Å². The van der Waals surface area contributed by atoms with E-state index in [0.29, 0.717) is 6.61 Å². The zero-order chi connectivity index (χ0) is 21.0. The molecule has 0 amide bonds. The number of hydrazone groups is 1. The summed E-state index contributed by atoms with van der Waals surface area (Å²) in [6, 6.07) is 22.5. The van der Waals surface area contributed by atoms with Crippen LogP contribution in [0.5, 0.6) is 5.75 Å². The van der Waals surface area contributed by atoms with Gasteiger partial charge >= 0.3 is 0 Å². The van der Waals surface area contributed by atoms with Gasteiger partial charge < -0.3 is 4.74 Å². The van der Waals surface area contributed by atoms with Gasteiger partial charge in [-0.2, -0.15) is 5.10 Å². The molecule has 0 atom stereocenters. The van der Waals surface area contributed by atoms with Gasteiger partial charge in [0.1, 0.15) is 12.4 Å². The Labute approximate surface area is 181 Å². The van der Waals surface area contributed by atoms with Crippen LogP contribution in [0.1, 0.15) is 37.6 Å². The molecule has 5 heteroatoms. The number of nitrogens with zero attached hydrogens (tertiary/aromatic N) is 2. The second kappa shape index (κ2) is 8.67. The largest absolute Gasteiger partial charge is 0.488 e. The Kier molecular flexibility index (Phi) is 5.81. The zero-order valence-electron chi connectivity index (χ0n) is 17.4. The zero-order valence-corrected chi connectivity index (χ0v) is 18.2. The summed E-state index contributed by atoms with van der Waals surface area (Å²) in [4.78, 5) is 4.64. The molecule has 3 aromatic carbocycles. The highest BCUT2D eigenvalue weighted by molar-refractivity contribution is 7.13. The van der Waals surface area contributed by atoms with Gasteiger partial charge in [-0.25, -0.2) is 4.98 Å². The van der Waals surface area contributed by atoms with Crippen molar-refractivity contribution in [3.8, 4) is 5.75 Å². The Hall–Kier alpha value is -3.18. The molecule has 0 aliphatic heterocycles. The number of benzene rings is 3. The highest BCUT2D eigenvalue weighted by atomic mass is 32.1. The lowest BCUT2D eigenvalue weighted by Gasteiger charge is -2.14. The van der Waals surface area contributed by atoms with E-state index in [2.05, 4.69) is 72.0 Å². The van der Waals surface area contributed by atoms with Crippen molar-refractivity contribution >= 4 is 33.5 Å². The average molecular weight is 416 g/mol. The third-order valence-corrected chi connectivity index (χ3v) is 5.54. The topological polar surface area (TPSA) is 46.5 Å². The minimum atomic E-state index is 0.0220. The van der Waals surface area contributed by atoms with Gasteiger partial charge in [-0.3, -0.25) is 5.43 Å². The van der Waals surface area contributed by atoms with Gasteiger partial charge in [0.05, 0.1) is 11.9 Å². The molecule has 152 valence electrons. The van der Waals surface area contributed by atoms with Crippen LogP contribution >= 0.6 is 11.3 Å². The molecule has 0 radical (unpaired) electrons. The highest BCUT2D eigenvalue weighted by Gasteiger charge is 2.17. The Balaban J connectivity index is 1.59. The average Bonchev–Trinajstić information content (AvgIpc) is 3.23. The molecular weight excluding hydrogens is 390 g/mol. The summed E-state index contributed by atoms with van der Waals surface area (Å²) in [7, 11) is 0. The van der Waals surface area contributed by atoms with Crippen molar-refractivity contribution in [2.24, 2.45) is 5.10 Å². The molecule has 4 aromatic rings. The number of hydrogen-bond acceptors (Lipinski definition) is 5. The third-order valence-electron chi connectivity index (χ3n) is 4.79. The summed E-state index contributed by atoms with van der Waals surface area (Å²) in [6.45, 7) is 6.97. The third kappa shape index (κ3) is 4.69. The van der Waals surface area contributed by atoms with E-state index in [1.54, 1.807) is 11.3 Å². The first-order valence-electron chi connectivity index (χ1n) is 9.94. The van der Waals surface area contributed by atoms with Crippen LogP contribution in [-0.4, -0.2) is 11.2 Å². The number of nitrogens with one attached hydrogen (secondary N) is 1. The van der Waals surface area contributed by atoms with Crippen molar-refractivity contribution < 1.29 is 4.74 Å². The number of hydrogen-bond donors (Lipinski definition) is 1. The molecule has 0 unspecified atom stereocenters. The molecule has 0 saturated carbocycles. The Bertz CT molecular complexity index is 1160. The van der Waals surface area contributed by atoms with Crippen LogP contribution in [0.2, 0.25) is 0 Å². The van der Waals surface area contributed by atoms with Gasteiger partial charge in [0, 0.05) is 16.4 Å². The van der Waals surface area contributed by atoms with E-state index in [1.165, 1.54) is 0 Å². The van der Waals surface area contributed by atoms with Crippen molar-refractivity contribution in [1.82, 2.24) is 4.98 Å². The van der Waals surface area contributed by atoms with E-state index in [9.17, 15) is 0 Å².